The van der Waals surface area contributed by atoms with E-state index in [1.54, 1.807) is 11.6 Å². The van der Waals surface area contributed by atoms with Crippen LogP contribution >= 0.6 is 11.6 Å². The largest absolute Gasteiger partial charge is 0.495 e. The molecule has 4 rings (SSSR count). The fourth-order valence-corrected chi connectivity index (χ4v) is 7.56. The number of halogens is 1. The van der Waals surface area contributed by atoms with E-state index >= 15 is 0 Å². The van der Waals surface area contributed by atoms with Gasteiger partial charge < -0.3 is 4.74 Å². The minimum Gasteiger partial charge on any atom is -0.495 e. The number of hydrogen-bond acceptors (Lipinski definition) is 3. The van der Waals surface area contributed by atoms with Gasteiger partial charge in [0.15, 0.2) is 0 Å². The molecule has 49 heavy (non-hydrogen) atoms. The summed E-state index contributed by atoms with van der Waals surface area (Å²) in [6.45, 7) is 9.33. The minimum atomic E-state index is 0.275. The molecule has 2 unspecified atom stereocenters. The zero-order valence-electron chi connectivity index (χ0n) is 32.4. The molecule has 4 aliphatic rings. The summed E-state index contributed by atoms with van der Waals surface area (Å²) in [5, 5.41) is 0. The molecule has 2 fully saturated rings. The number of ether oxygens (including phenoxy) is 1. The number of hydrogen-bond donors (Lipinski definition) is 0. The van der Waals surface area contributed by atoms with Crippen LogP contribution in [-0.2, 0) is 14.3 Å². The fraction of sp³-hybridized carbons (Fsp3) is 0.822. The number of alkyl halides is 1. The van der Waals surface area contributed by atoms with Gasteiger partial charge in [0, 0.05) is 43.9 Å². The van der Waals surface area contributed by atoms with Gasteiger partial charge in [-0.3, -0.25) is 9.59 Å². The molecule has 0 aromatic heterocycles. The number of carbonyl (C=O) groups is 2. The predicted molar refractivity (Wildman–Crippen MR) is 215 cm³/mol. The molecule has 2 atom stereocenters. The summed E-state index contributed by atoms with van der Waals surface area (Å²) < 4.78 is 5.95. The first kappa shape index (κ1) is 45.7. The number of rotatable bonds is 3. The third-order valence-corrected chi connectivity index (χ3v) is 10.8. The second kappa shape index (κ2) is 33.8. The molecule has 0 saturated heterocycles. The van der Waals surface area contributed by atoms with Gasteiger partial charge in [0.2, 0.25) is 0 Å². The molecule has 284 valence electrons. The Morgan fingerprint density at radius 3 is 1.41 bits per heavy atom. The quantitative estimate of drug-likeness (QED) is 0.217. The molecule has 0 N–H and O–H groups in total. The van der Waals surface area contributed by atoms with Crippen LogP contribution in [0.15, 0.2) is 36.6 Å². The zero-order valence-corrected chi connectivity index (χ0v) is 33.1. The number of allylic oxidation sites excluding steroid dienone is 3. The van der Waals surface area contributed by atoms with Gasteiger partial charge in [0.05, 0.1) is 11.9 Å². The first-order chi connectivity index (χ1) is 24.0. The van der Waals surface area contributed by atoms with Crippen LogP contribution in [0, 0.1) is 5.92 Å². The number of ketones is 2. The molecule has 4 heteroatoms. The summed E-state index contributed by atoms with van der Waals surface area (Å²) >= 11 is 5.07. The second-order valence-electron chi connectivity index (χ2n) is 15.2. The van der Waals surface area contributed by atoms with Crippen LogP contribution in [0.3, 0.4) is 0 Å². The van der Waals surface area contributed by atoms with Crippen molar-refractivity contribution in [1.82, 2.24) is 0 Å². The van der Waals surface area contributed by atoms with E-state index in [9.17, 15) is 9.59 Å². The maximum atomic E-state index is 12.0. The number of Topliss-reactive ketones (excluding diaryl/α,β-unsaturated/α-hetero) is 2. The van der Waals surface area contributed by atoms with E-state index in [1.165, 1.54) is 166 Å². The standard InChI is InChI=1S/2C15H26O.C12H22O.C3H5Cl/c1-13-12-14-10-8-6-4-2-3-5-7-9-11-15(14)16-13;1-2-11-14-12-9-7-5-3-4-6-8-10-13-15(14)16;13-12-10-8-6-4-2-1-3-5-7-9-11-12;1-2-3-4/h13H,2-12H2,1H3;2,14H,1,3-13H2;1-11H2;2H,1,3H2. The summed E-state index contributed by atoms with van der Waals surface area (Å²) in [4.78, 5) is 23.3. The van der Waals surface area contributed by atoms with Gasteiger partial charge >= 0.3 is 0 Å². The lowest BCUT2D eigenvalue weighted by atomic mass is 9.89. The van der Waals surface area contributed by atoms with Crippen molar-refractivity contribution >= 4 is 23.2 Å². The smallest absolute Gasteiger partial charge is 0.136 e. The maximum Gasteiger partial charge on any atom is 0.136 e. The van der Waals surface area contributed by atoms with Gasteiger partial charge in [0.1, 0.15) is 11.6 Å². The molecule has 0 aromatic carbocycles. The highest BCUT2D eigenvalue weighted by atomic mass is 35.5. The van der Waals surface area contributed by atoms with Gasteiger partial charge in [0.25, 0.3) is 0 Å². The van der Waals surface area contributed by atoms with Crippen molar-refractivity contribution in [2.45, 2.75) is 225 Å². The van der Waals surface area contributed by atoms with E-state index in [2.05, 4.69) is 20.1 Å². The molecule has 1 aliphatic heterocycles. The molecular weight excluding hydrogens is 624 g/mol. The minimum absolute atomic E-state index is 0.275. The molecule has 3 aliphatic carbocycles. The predicted octanol–water partition coefficient (Wildman–Crippen LogP) is 14.9. The van der Waals surface area contributed by atoms with Gasteiger partial charge in [-0.15, -0.1) is 24.8 Å². The van der Waals surface area contributed by atoms with E-state index < -0.39 is 0 Å². The van der Waals surface area contributed by atoms with E-state index in [-0.39, 0.29) is 5.92 Å². The molecule has 0 radical (unpaired) electrons. The molecule has 0 amide bonds. The Hall–Kier alpha value is -1.35. The van der Waals surface area contributed by atoms with Crippen molar-refractivity contribution in [3.05, 3.63) is 36.6 Å². The van der Waals surface area contributed by atoms with E-state index in [1.807, 2.05) is 6.08 Å². The Morgan fingerprint density at radius 1 is 0.571 bits per heavy atom. The van der Waals surface area contributed by atoms with Crippen molar-refractivity contribution in [3.8, 4) is 0 Å². The molecule has 0 bridgehead atoms. The SMILES string of the molecule is C=CCC1CCCCCCCCCCC1=O.C=CCCl.CC1CC2=C(CCCCCCCCCC2)O1.O=C1CCCCCCCCCCC1. The van der Waals surface area contributed by atoms with E-state index in [0.29, 0.717) is 23.6 Å². The normalized spacial score (nSPS) is 24.4. The van der Waals surface area contributed by atoms with Crippen LogP contribution in [0.4, 0.5) is 0 Å². The first-order valence-corrected chi connectivity index (χ1v) is 21.7. The Balaban J connectivity index is 0.000000350. The summed E-state index contributed by atoms with van der Waals surface area (Å²) in [5.74, 6) is 3.19. The van der Waals surface area contributed by atoms with E-state index in [0.717, 1.165) is 51.4 Å². The lowest BCUT2D eigenvalue weighted by Crippen LogP contribution is -2.14. The lowest BCUT2D eigenvalue weighted by molar-refractivity contribution is -0.123. The van der Waals surface area contributed by atoms with Crippen molar-refractivity contribution < 1.29 is 14.3 Å². The third kappa shape index (κ3) is 27.0. The number of carbonyl (C=O) groups excluding carboxylic acids is 2. The molecular formula is C45H79ClO3. The summed E-state index contributed by atoms with van der Waals surface area (Å²) in [6, 6.07) is 0. The average Bonchev–Trinajstić information content (AvgIpc) is 3.45. The van der Waals surface area contributed by atoms with Crippen LogP contribution in [0.5, 0.6) is 0 Å². The lowest BCUT2D eigenvalue weighted by Gasteiger charge is -2.14. The molecule has 3 nitrogen and oxygen atoms in total. The van der Waals surface area contributed by atoms with Gasteiger partial charge in [-0.25, -0.2) is 0 Å². The highest BCUT2D eigenvalue weighted by molar-refractivity contribution is 6.18. The third-order valence-electron chi connectivity index (χ3n) is 10.6. The van der Waals surface area contributed by atoms with Crippen molar-refractivity contribution in [2.24, 2.45) is 5.92 Å². The highest BCUT2D eigenvalue weighted by Gasteiger charge is 2.21. The van der Waals surface area contributed by atoms with Crippen molar-refractivity contribution in [3.63, 3.8) is 0 Å². The van der Waals surface area contributed by atoms with Crippen molar-refractivity contribution in [1.29, 1.82) is 0 Å². The Kier molecular flexibility index (Phi) is 31.5. The Morgan fingerprint density at radius 2 is 0.959 bits per heavy atom. The zero-order chi connectivity index (χ0) is 35.6. The molecule has 1 heterocycles. The Labute approximate surface area is 309 Å². The summed E-state index contributed by atoms with van der Waals surface area (Å²) in [6.07, 6.45) is 45.5. The first-order valence-electron chi connectivity index (χ1n) is 21.2. The molecule has 0 aromatic rings. The highest BCUT2D eigenvalue weighted by Crippen LogP contribution is 2.32. The monoisotopic (exact) mass is 703 g/mol. The molecule has 0 spiro atoms. The maximum absolute atomic E-state index is 12.0. The van der Waals surface area contributed by atoms with Gasteiger partial charge in [-0.1, -0.05) is 141 Å². The Bertz CT molecular complexity index is 823. The van der Waals surface area contributed by atoms with Crippen LogP contribution < -0.4 is 0 Å². The topological polar surface area (TPSA) is 43.4 Å². The second-order valence-corrected chi connectivity index (χ2v) is 15.5. The van der Waals surface area contributed by atoms with Gasteiger partial charge in [-0.2, -0.15) is 0 Å². The van der Waals surface area contributed by atoms with Gasteiger partial charge in [-0.05, 0) is 63.9 Å². The van der Waals surface area contributed by atoms with E-state index in [4.69, 9.17) is 16.3 Å². The molecule has 2 saturated carbocycles. The van der Waals surface area contributed by atoms with Crippen LogP contribution in [-0.4, -0.2) is 23.6 Å². The van der Waals surface area contributed by atoms with Crippen molar-refractivity contribution in [2.75, 3.05) is 5.88 Å². The summed E-state index contributed by atoms with van der Waals surface area (Å²) in [5.41, 5.74) is 1.65. The van der Waals surface area contributed by atoms with Crippen LogP contribution in [0.1, 0.15) is 219 Å². The summed E-state index contributed by atoms with van der Waals surface area (Å²) in [7, 11) is 0. The fourth-order valence-electron chi connectivity index (χ4n) is 7.56. The van der Waals surface area contributed by atoms with Crippen LogP contribution in [0.25, 0.3) is 0 Å². The average molecular weight is 704 g/mol. The van der Waals surface area contributed by atoms with Crippen LogP contribution in [0.2, 0.25) is 0 Å².